The minimum absolute atomic E-state index is 0.205. The molecule has 3 atom stereocenters. The summed E-state index contributed by atoms with van der Waals surface area (Å²) in [5, 5.41) is 4.42. The van der Waals surface area contributed by atoms with Crippen LogP contribution in [0.1, 0.15) is 38.3 Å². The monoisotopic (exact) mass is 267 g/mol. The van der Waals surface area contributed by atoms with Crippen molar-refractivity contribution >= 4 is 11.6 Å². The van der Waals surface area contributed by atoms with Gasteiger partial charge in [-0.15, -0.1) is 0 Å². The molecule has 0 saturated carbocycles. The third-order valence-electron chi connectivity index (χ3n) is 3.63. The molecular weight excluding hydrogens is 246 g/mol. The fraction of sp³-hybridized carbons (Fsp3) is 0.600. The van der Waals surface area contributed by atoms with E-state index < -0.39 is 0 Å². The van der Waals surface area contributed by atoms with Gasteiger partial charge in [0.25, 0.3) is 0 Å². The zero-order chi connectivity index (χ0) is 13.0. The molecule has 1 aliphatic heterocycles. The van der Waals surface area contributed by atoms with Crippen LogP contribution in [0.25, 0.3) is 0 Å². The van der Waals surface area contributed by atoms with Gasteiger partial charge in [0.05, 0.1) is 12.1 Å². The maximum Gasteiger partial charge on any atom is 0.0796 e. The Labute approximate surface area is 115 Å². The maximum atomic E-state index is 6.33. The molecular formula is C15H22ClNO. The van der Waals surface area contributed by atoms with E-state index in [4.69, 9.17) is 16.3 Å². The number of halogens is 1. The fourth-order valence-electron chi connectivity index (χ4n) is 2.57. The topological polar surface area (TPSA) is 21.3 Å². The van der Waals surface area contributed by atoms with Gasteiger partial charge >= 0.3 is 0 Å². The largest absolute Gasteiger partial charge is 0.376 e. The summed E-state index contributed by atoms with van der Waals surface area (Å²) in [6.45, 7) is 6.29. The summed E-state index contributed by atoms with van der Waals surface area (Å²) in [4.78, 5) is 0. The molecule has 1 aromatic carbocycles. The smallest absolute Gasteiger partial charge is 0.0796 e. The molecule has 3 heteroatoms. The van der Waals surface area contributed by atoms with Gasteiger partial charge in [0.2, 0.25) is 0 Å². The predicted molar refractivity (Wildman–Crippen MR) is 76.0 cm³/mol. The summed E-state index contributed by atoms with van der Waals surface area (Å²) < 4.78 is 5.91. The van der Waals surface area contributed by atoms with Gasteiger partial charge in [0, 0.05) is 11.6 Å². The van der Waals surface area contributed by atoms with Crippen LogP contribution in [-0.4, -0.2) is 19.3 Å². The van der Waals surface area contributed by atoms with Crippen LogP contribution in [0.15, 0.2) is 24.3 Å². The Morgan fingerprint density at radius 2 is 2.22 bits per heavy atom. The van der Waals surface area contributed by atoms with Crippen LogP contribution in [0.5, 0.6) is 0 Å². The van der Waals surface area contributed by atoms with E-state index in [0.717, 1.165) is 36.6 Å². The molecule has 1 fully saturated rings. The molecule has 1 aliphatic rings. The van der Waals surface area contributed by atoms with Crippen LogP contribution < -0.4 is 5.32 Å². The molecule has 100 valence electrons. The number of nitrogens with one attached hydrogen (secondary N) is 1. The van der Waals surface area contributed by atoms with Gasteiger partial charge in [-0.2, -0.15) is 0 Å². The van der Waals surface area contributed by atoms with Gasteiger partial charge in [-0.05, 0) is 36.9 Å². The molecule has 0 aliphatic carbocycles. The molecule has 0 radical (unpaired) electrons. The molecule has 0 amide bonds. The molecule has 1 heterocycles. The lowest BCUT2D eigenvalue weighted by Crippen LogP contribution is -2.35. The van der Waals surface area contributed by atoms with Gasteiger partial charge in [-0.25, -0.2) is 0 Å². The standard InChI is InChI=1S/C15H22ClNO/c1-3-9-17-14(15-11(2)8-10-18-15)12-6-4-5-7-13(12)16/h4-7,11,14-15,17H,3,8-10H2,1-2H3. The number of hydrogen-bond acceptors (Lipinski definition) is 2. The lowest BCUT2D eigenvalue weighted by atomic mass is 9.92. The summed E-state index contributed by atoms with van der Waals surface area (Å²) in [7, 11) is 0. The van der Waals surface area contributed by atoms with Crippen molar-refractivity contribution in [3.63, 3.8) is 0 Å². The van der Waals surface area contributed by atoms with Gasteiger partial charge in [0.1, 0.15) is 0 Å². The predicted octanol–water partition coefficient (Wildman–Crippen LogP) is 3.81. The van der Waals surface area contributed by atoms with Gasteiger partial charge in [0.15, 0.2) is 0 Å². The number of benzene rings is 1. The van der Waals surface area contributed by atoms with Gasteiger partial charge < -0.3 is 10.1 Å². The number of hydrogen-bond donors (Lipinski definition) is 1. The molecule has 3 unspecified atom stereocenters. The minimum Gasteiger partial charge on any atom is -0.376 e. The van der Waals surface area contributed by atoms with Crippen molar-refractivity contribution in [2.75, 3.05) is 13.2 Å². The summed E-state index contributed by atoms with van der Waals surface area (Å²) in [5.74, 6) is 0.579. The van der Waals surface area contributed by atoms with E-state index in [-0.39, 0.29) is 12.1 Å². The minimum atomic E-state index is 0.205. The highest BCUT2D eigenvalue weighted by atomic mass is 35.5. The van der Waals surface area contributed by atoms with Crippen LogP contribution in [0, 0.1) is 5.92 Å². The van der Waals surface area contributed by atoms with E-state index in [1.807, 2.05) is 18.2 Å². The van der Waals surface area contributed by atoms with Crippen molar-refractivity contribution in [3.8, 4) is 0 Å². The first kappa shape index (κ1) is 13.9. The van der Waals surface area contributed by atoms with E-state index in [1.165, 1.54) is 0 Å². The Hall–Kier alpha value is -0.570. The van der Waals surface area contributed by atoms with E-state index in [9.17, 15) is 0 Å². The Morgan fingerprint density at radius 3 is 2.83 bits per heavy atom. The Morgan fingerprint density at radius 1 is 1.44 bits per heavy atom. The van der Waals surface area contributed by atoms with Crippen molar-refractivity contribution in [3.05, 3.63) is 34.9 Å². The second-order valence-electron chi connectivity index (χ2n) is 5.05. The zero-order valence-electron chi connectivity index (χ0n) is 11.2. The molecule has 1 aromatic rings. The highest BCUT2D eigenvalue weighted by Gasteiger charge is 2.33. The summed E-state index contributed by atoms with van der Waals surface area (Å²) in [5.41, 5.74) is 1.16. The van der Waals surface area contributed by atoms with Gasteiger partial charge in [-0.3, -0.25) is 0 Å². The zero-order valence-corrected chi connectivity index (χ0v) is 11.9. The molecule has 2 nitrogen and oxygen atoms in total. The van der Waals surface area contributed by atoms with Crippen molar-refractivity contribution in [1.29, 1.82) is 0 Å². The molecule has 18 heavy (non-hydrogen) atoms. The molecule has 2 rings (SSSR count). The van der Waals surface area contributed by atoms with Crippen molar-refractivity contribution in [2.24, 2.45) is 5.92 Å². The first-order chi connectivity index (χ1) is 8.74. The lowest BCUT2D eigenvalue weighted by molar-refractivity contribution is 0.0607. The maximum absolute atomic E-state index is 6.33. The Balaban J connectivity index is 2.21. The Bertz CT molecular complexity index is 383. The first-order valence-electron chi connectivity index (χ1n) is 6.83. The van der Waals surface area contributed by atoms with Crippen molar-refractivity contribution in [1.82, 2.24) is 5.32 Å². The highest BCUT2D eigenvalue weighted by molar-refractivity contribution is 6.31. The second-order valence-corrected chi connectivity index (χ2v) is 5.46. The molecule has 0 spiro atoms. The average Bonchev–Trinajstić information content (AvgIpc) is 2.78. The molecule has 0 bridgehead atoms. The van der Waals surface area contributed by atoms with E-state index in [1.54, 1.807) is 0 Å². The summed E-state index contributed by atoms with van der Waals surface area (Å²) in [6, 6.07) is 8.28. The van der Waals surface area contributed by atoms with E-state index in [0.29, 0.717) is 5.92 Å². The average molecular weight is 268 g/mol. The second kappa shape index (κ2) is 6.55. The number of rotatable bonds is 5. The normalized spacial score (nSPS) is 25.3. The third kappa shape index (κ3) is 3.05. The highest BCUT2D eigenvalue weighted by Crippen LogP contribution is 2.34. The first-order valence-corrected chi connectivity index (χ1v) is 7.21. The SMILES string of the molecule is CCCNC(c1ccccc1Cl)C1OCCC1C. The summed E-state index contributed by atoms with van der Waals surface area (Å²) in [6.07, 6.45) is 2.48. The molecule has 1 saturated heterocycles. The number of ether oxygens (including phenoxy) is 1. The Kier molecular flexibility index (Phi) is 5.04. The lowest BCUT2D eigenvalue weighted by Gasteiger charge is -2.28. The van der Waals surface area contributed by atoms with Crippen LogP contribution in [-0.2, 0) is 4.74 Å². The van der Waals surface area contributed by atoms with E-state index >= 15 is 0 Å². The fourth-order valence-corrected chi connectivity index (χ4v) is 2.83. The van der Waals surface area contributed by atoms with Crippen molar-refractivity contribution in [2.45, 2.75) is 38.8 Å². The van der Waals surface area contributed by atoms with Crippen LogP contribution in [0.3, 0.4) is 0 Å². The third-order valence-corrected chi connectivity index (χ3v) is 3.97. The van der Waals surface area contributed by atoms with Gasteiger partial charge in [-0.1, -0.05) is 43.6 Å². The van der Waals surface area contributed by atoms with Crippen LogP contribution >= 0.6 is 11.6 Å². The van der Waals surface area contributed by atoms with Crippen LogP contribution in [0.4, 0.5) is 0 Å². The van der Waals surface area contributed by atoms with Crippen LogP contribution in [0.2, 0.25) is 5.02 Å². The summed E-state index contributed by atoms with van der Waals surface area (Å²) >= 11 is 6.33. The molecule has 0 aromatic heterocycles. The quantitative estimate of drug-likeness (QED) is 0.876. The molecule has 1 N–H and O–H groups in total. The van der Waals surface area contributed by atoms with Crippen molar-refractivity contribution < 1.29 is 4.74 Å². The van der Waals surface area contributed by atoms with E-state index in [2.05, 4.69) is 25.2 Å².